The molecule has 0 bridgehead atoms. The minimum atomic E-state index is -0.569. The van der Waals surface area contributed by atoms with Crippen molar-refractivity contribution < 1.29 is 14.1 Å². The van der Waals surface area contributed by atoms with Crippen LogP contribution in [0, 0.1) is 5.92 Å². The highest BCUT2D eigenvalue weighted by molar-refractivity contribution is 5.76. The molecule has 180 valence electrons. The third kappa shape index (κ3) is 6.65. The number of benzene rings is 1. The van der Waals surface area contributed by atoms with Crippen molar-refractivity contribution in [2.24, 2.45) is 5.92 Å². The Labute approximate surface area is 197 Å². The zero-order chi connectivity index (χ0) is 23.7. The van der Waals surface area contributed by atoms with Crippen molar-refractivity contribution in [1.29, 1.82) is 0 Å². The molecular formula is C26H38N4O3. The molecule has 2 N–H and O–H groups in total. The minimum Gasteiger partial charge on any atom is -0.349 e. The fourth-order valence-corrected chi connectivity index (χ4v) is 4.98. The zero-order valence-electron chi connectivity index (χ0n) is 20.2. The molecular weight excluding hydrogens is 416 g/mol. The molecule has 1 aromatic heterocycles. The van der Waals surface area contributed by atoms with Crippen molar-refractivity contribution in [3.63, 3.8) is 0 Å². The molecule has 1 atom stereocenters. The van der Waals surface area contributed by atoms with Gasteiger partial charge < -0.3 is 15.2 Å². The summed E-state index contributed by atoms with van der Waals surface area (Å²) >= 11 is 0. The van der Waals surface area contributed by atoms with Crippen LogP contribution in [0.4, 0.5) is 0 Å². The number of nitrogens with one attached hydrogen (secondary N) is 2. The van der Waals surface area contributed by atoms with Gasteiger partial charge in [0.25, 0.3) is 0 Å². The fraction of sp³-hybridized carbons (Fsp3) is 0.615. The van der Waals surface area contributed by atoms with E-state index in [1.54, 1.807) is 0 Å². The van der Waals surface area contributed by atoms with Crippen LogP contribution in [0.1, 0.15) is 102 Å². The first-order valence-corrected chi connectivity index (χ1v) is 12.4. The lowest BCUT2D eigenvalue weighted by Crippen LogP contribution is -2.45. The molecule has 1 aliphatic carbocycles. The second-order valence-corrected chi connectivity index (χ2v) is 9.22. The topological polar surface area (TPSA) is 97.1 Å². The number of aromatic nitrogens is 2. The molecule has 1 aliphatic rings. The molecule has 2 amide bonds. The Kier molecular flexibility index (Phi) is 9.03. The molecule has 2 aromatic rings. The summed E-state index contributed by atoms with van der Waals surface area (Å²) in [6.07, 6.45) is 8.57. The van der Waals surface area contributed by atoms with Gasteiger partial charge in [0.15, 0.2) is 5.82 Å². The van der Waals surface area contributed by atoms with E-state index >= 15 is 0 Å². The predicted octanol–water partition coefficient (Wildman–Crippen LogP) is 4.98. The van der Waals surface area contributed by atoms with E-state index in [-0.39, 0.29) is 24.3 Å². The highest BCUT2D eigenvalue weighted by atomic mass is 16.5. The Balaban J connectivity index is 1.66. The van der Waals surface area contributed by atoms with Crippen LogP contribution in [0.2, 0.25) is 0 Å². The summed E-state index contributed by atoms with van der Waals surface area (Å²) in [6.45, 7) is 5.85. The van der Waals surface area contributed by atoms with Crippen LogP contribution in [0.25, 0.3) is 0 Å². The largest absolute Gasteiger partial charge is 0.349 e. The van der Waals surface area contributed by atoms with E-state index in [9.17, 15) is 9.59 Å². The molecule has 1 heterocycles. The minimum absolute atomic E-state index is 0.0130. The molecule has 1 unspecified atom stereocenters. The Bertz CT molecular complexity index is 884. The van der Waals surface area contributed by atoms with Crippen molar-refractivity contribution in [2.75, 3.05) is 0 Å². The number of nitrogens with zero attached hydrogens (tertiary/aromatic N) is 2. The lowest BCUT2D eigenvalue weighted by molar-refractivity contribution is -0.122. The zero-order valence-corrected chi connectivity index (χ0v) is 20.2. The van der Waals surface area contributed by atoms with Crippen LogP contribution in [0.3, 0.4) is 0 Å². The summed E-state index contributed by atoms with van der Waals surface area (Å²) in [6, 6.07) is 10.1. The van der Waals surface area contributed by atoms with Gasteiger partial charge in [-0.2, -0.15) is 4.98 Å². The van der Waals surface area contributed by atoms with Crippen LogP contribution < -0.4 is 10.6 Å². The van der Waals surface area contributed by atoms with Gasteiger partial charge in [0, 0.05) is 19.8 Å². The van der Waals surface area contributed by atoms with Gasteiger partial charge in [-0.15, -0.1) is 0 Å². The molecule has 7 heteroatoms. The number of amides is 2. The van der Waals surface area contributed by atoms with Crippen molar-refractivity contribution in [2.45, 2.75) is 96.6 Å². The highest BCUT2D eigenvalue weighted by Crippen LogP contribution is 2.34. The second kappa shape index (κ2) is 12.0. The molecule has 1 aromatic carbocycles. The van der Waals surface area contributed by atoms with Crippen molar-refractivity contribution in [3.8, 4) is 0 Å². The van der Waals surface area contributed by atoms with E-state index in [1.807, 2.05) is 18.2 Å². The van der Waals surface area contributed by atoms with E-state index in [0.29, 0.717) is 24.1 Å². The molecule has 0 aliphatic heterocycles. The van der Waals surface area contributed by atoms with Gasteiger partial charge in [-0.1, -0.05) is 87.9 Å². The van der Waals surface area contributed by atoms with E-state index in [1.165, 1.54) is 6.92 Å². The summed E-state index contributed by atoms with van der Waals surface area (Å²) < 4.78 is 5.50. The first-order chi connectivity index (χ1) is 16.0. The Hall–Kier alpha value is -2.70. The van der Waals surface area contributed by atoms with Gasteiger partial charge in [-0.05, 0) is 24.3 Å². The number of hydrogen-bond donors (Lipinski definition) is 2. The molecule has 0 spiro atoms. The maximum Gasteiger partial charge on any atom is 0.227 e. The fourth-order valence-electron chi connectivity index (χ4n) is 4.98. The molecule has 1 fully saturated rings. The first-order valence-electron chi connectivity index (χ1n) is 12.4. The van der Waals surface area contributed by atoms with Crippen LogP contribution in [-0.2, 0) is 21.5 Å². The predicted molar refractivity (Wildman–Crippen MR) is 127 cm³/mol. The summed E-state index contributed by atoms with van der Waals surface area (Å²) in [5.41, 5.74) is 0.561. The quantitative estimate of drug-likeness (QED) is 0.493. The Morgan fingerprint density at radius 3 is 2.33 bits per heavy atom. The van der Waals surface area contributed by atoms with Gasteiger partial charge in [0.1, 0.15) is 5.54 Å². The number of aryl methyl sites for hydroxylation is 1. The summed E-state index contributed by atoms with van der Waals surface area (Å²) in [4.78, 5) is 29.3. The van der Waals surface area contributed by atoms with Crippen molar-refractivity contribution >= 4 is 11.8 Å². The number of hydrogen-bond acceptors (Lipinski definition) is 5. The number of carbonyl (C=O) groups is 2. The van der Waals surface area contributed by atoms with E-state index in [0.717, 1.165) is 56.9 Å². The van der Waals surface area contributed by atoms with Crippen LogP contribution in [-0.4, -0.2) is 22.0 Å². The standard InChI is InChI=1S/C26H38N4O3/c1-4-20(5-2)24(21-13-9-8-10-14-21)27-22(32)15-16-23-28-25(30-33-23)26(29-19(3)31)17-11-6-7-12-18-26/h8-10,13-14,20,24H,4-7,11-12,15-18H2,1-3H3,(H,27,32)(H,29,31). The molecule has 3 rings (SSSR count). The van der Waals surface area contributed by atoms with Gasteiger partial charge in [0.05, 0.1) is 6.04 Å². The van der Waals surface area contributed by atoms with Crippen molar-refractivity contribution in [1.82, 2.24) is 20.8 Å². The molecule has 1 saturated carbocycles. The molecule has 0 radical (unpaired) electrons. The maximum absolute atomic E-state index is 12.8. The summed E-state index contributed by atoms with van der Waals surface area (Å²) in [7, 11) is 0. The van der Waals surface area contributed by atoms with E-state index in [2.05, 4.69) is 46.8 Å². The third-order valence-electron chi connectivity index (χ3n) is 6.83. The van der Waals surface area contributed by atoms with E-state index < -0.39 is 5.54 Å². The van der Waals surface area contributed by atoms with Gasteiger partial charge >= 0.3 is 0 Å². The van der Waals surface area contributed by atoms with Gasteiger partial charge in [-0.25, -0.2) is 0 Å². The van der Waals surface area contributed by atoms with Crippen LogP contribution in [0.5, 0.6) is 0 Å². The lowest BCUT2D eigenvalue weighted by Gasteiger charge is -2.30. The lowest BCUT2D eigenvalue weighted by atomic mass is 9.88. The number of carbonyl (C=O) groups excluding carboxylic acids is 2. The maximum atomic E-state index is 12.8. The average Bonchev–Trinajstić information content (AvgIpc) is 3.18. The SMILES string of the molecule is CCC(CC)C(NC(=O)CCc1nc(C2(NC(C)=O)CCCCCC2)no1)c1ccccc1. The summed E-state index contributed by atoms with van der Waals surface area (Å²) in [5, 5.41) is 10.5. The third-order valence-corrected chi connectivity index (χ3v) is 6.83. The summed E-state index contributed by atoms with van der Waals surface area (Å²) in [5.74, 6) is 1.23. The van der Waals surface area contributed by atoms with Gasteiger partial charge in [0.2, 0.25) is 17.7 Å². The van der Waals surface area contributed by atoms with Gasteiger partial charge in [-0.3, -0.25) is 9.59 Å². The highest BCUT2D eigenvalue weighted by Gasteiger charge is 2.38. The molecule has 33 heavy (non-hydrogen) atoms. The molecule has 0 saturated heterocycles. The molecule has 7 nitrogen and oxygen atoms in total. The normalized spacial score (nSPS) is 16.7. The number of rotatable bonds is 10. The first kappa shape index (κ1) is 24.9. The van der Waals surface area contributed by atoms with Crippen molar-refractivity contribution in [3.05, 3.63) is 47.6 Å². The average molecular weight is 455 g/mol. The Morgan fingerprint density at radius 2 is 1.73 bits per heavy atom. The Morgan fingerprint density at radius 1 is 1.06 bits per heavy atom. The van der Waals surface area contributed by atoms with E-state index in [4.69, 9.17) is 4.52 Å². The smallest absolute Gasteiger partial charge is 0.227 e. The monoisotopic (exact) mass is 454 g/mol. The van der Waals surface area contributed by atoms with Crippen LogP contribution >= 0.6 is 0 Å². The van der Waals surface area contributed by atoms with Crippen LogP contribution in [0.15, 0.2) is 34.9 Å². The second-order valence-electron chi connectivity index (χ2n) is 9.22.